The number of aliphatic hydroxyl groups is 1. The maximum atomic E-state index is 13.2. The van der Waals surface area contributed by atoms with Crippen LogP contribution in [0.4, 0.5) is 5.69 Å². The van der Waals surface area contributed by atoms with Crippen molar-refractivity contribution in [2.75, 3.05) is 18.1 Å². The fourth-order valence-corrected chi connectivity index (χ4v) is 3.98. The number of amides is 1. The van der Waals surface area contributed by atoms with Crippen molar-refractivity contribution in [1.29, 1.82) is 0 Å². The molecule has 1 atom stereocenters. The number of nitrogens with zero attached hydrogens (tertiary/aromatic N) is 1. The first-order valence-electron chi connectivity index (χ1n) is 10.5. The summed E-state index contributed by atoms with van der Waals surface area (Å²) < 4.78 is 16.5. The lowest BCUT2D eigenvalue weighted by molar-refractivity contribution is -0.132. The third-order valence-electron chi connectivity index (χ3n) is 5.19. The molecule has 2 aromatic carbocycles. The standard InChI is InChI=1S/C25H22ClNO6/c1-3-31-16-9-7-15(8-10-16)27-22(20-6-5-13-33-20)21(24(29)25(27)30)23(28)18-14-17(32-4-2)11-12-19(18)26/h5-14,22,28H,3-4H2,1-2H3/b23-21-. The molecule has 1 aliphatic heterocycles. The molecule has 1 aromatic heterocycles. The zero-order valence-electron chi connectivity index (χ0n) is 18.1. The van der Waals surface area contributed by atoms with Crippen LogP contribution in [0.3, 0.4) is 0 Å². The maximum Gasteiger partial charge on any atom is 0.300 e. The smallest absolute Gasteiger partial charge is 0.300 e. The van der Waals surface area contributed by atoms with Gasteiger partial charge in [-0.25, -0.2) is 0 Å². The van der Waals surface area contributed by atoms with Crippen LogP contribution in [0.5, 0.6) is 11.5 Å². The van der Waals surface area contributed by atoms with Crippen molar-refractivity contribution < 1.29 is 28.6 Å². The molecule has 4 rings (SSSR count). The van der Waals surface area contributed by atoms with Crippen molar-refractivity contribution in [3.63, 3.8) is 0 Å². The fraction of sp³-hybridized carbons (Fsp3) is 0.200. The Hall–Kier alpha value is -3.71. The molecule has 0 spiro atoms. The zero-order chi connectivity index (χ0) is 23.5. The summed E-state index contributed by atoms with van der Waals surface area (Å²) in [6.45, 7) is 4.61. The normalized spacial score (nSPS) is 17.4. The molecule has 2 heterocycles. The Kier molecular flexibility index (Phi) is 6.42. The minimum Gasteiger partial charge on any atom is -0.507 e. The van der Waals surface area contributed by atoms with E-state index in [1.807, 2.05) is 13.8 Å². The summed E-state index contributed by atoms with van der Waals surface area (Å²) in [6, 6.07) is 13.8. The Morgan fingerprint density at radius 2 is 1.70 bits per heavy atom. The molecule has 1 amide bonds. The van der Waals surface area contributed by atoms with Crippen LogP contribution in [0.15, 0.2) is 70.9 Å². The summed E-state index contributed by atoms with van der Waals surface area (Å²) in [5.74, 6) is -0.623. The predicted octanol–water partition coefficient (Wildman–Crippen LogP) is 5.36. The Labute approximate surface area is 195 Å². The van der Waals surface area contributed by atoms with Crippen LogP contribution in [-0.4, -0.2) is 30.0 Å². The van der Waals surface area contributed by atoms with Crippen LogP contribution < -0.4 is 14.4 Å². The van der Waals surface area contributed by atoms with Crippen molar-refractivity contribution in [3.05, 3.63) is 82.8 Å². The molecule has 1 N–H and O–H groups in total. The second-order valence-electron chi connectivity index (χ2n) is 7.19. The average Bonchev–Trinajstić information content (AvgIpc) is 3.43. The van der Waals surface area contributed by atoms with Gasteiger partial charge in [-0.3, -0.25) is 14.5 Å². The van der Waals surface area contributed by atoms with Gasteiger partial charge >= 0.3 is 0 Å². The van der Waals surface area contributed by atoms with Gasteiger partial charge in [0, 0.05) is 11.3 Å². The highest BCUT2D eigenvalue weighted by Crippen LogP contribution is 2.43. The molecule has 170 valence electrons. The van der Waals surface area contributed by atoms with Crippen LogP contribution in [-0.2, 0) is 9.59 Å². The first-order chi connectivity index (χ1) is 16.0. The van der Waals surface area contributed by atoms with Gasteiger partial charge in [0.05, 0.1) is 30.1 Å². The molecule has 0 saturated carbocycles. The van der Waals surface area contributed by atoms with E-state index in [4.69, 9.17) is 25.5 Å². The number of Topliss-reactive ketones (excluding diaryl/α,β-unsaturated/α-hetero) is 1. The average molecular weight is 468 g/mol. The number of aliphatic hydroxyl groups excluding tert-OH is 1. The Morgan fingerprint density at radius 3 is 2.33 bits per heavy atom. The van der Waals surface area contributed by atoms with E-state index in [0.29, 0.717) is 36.2 Å². The Morgan fingerprint density at radius 1 is 1.03 bits per heavy atom. The van der Waals surface area contributed by atoms with Gasteiger partial charge in [0.25, 0.3) is 11.7 Å². The quantitative estimate of drug-likeness (QED) is 0.286. The molecule has 0 aliphatic carbocycles. The molecule has 1 saturated heterocycles. The van der Waals surface area contributed by atoms with Crippen LogP contribution in [0, 0.1) is 0 Å². The Bertz CT molecular complexity index is 1200. The maximum absolute atomic E-state index is 13.2. The number of halogens is 1. The number of hydrogen-bond donors (Lipinski definition) is 1. The molecule has 3 aromatic rings. The summed E-state index contributed by atoms with van der Waals surface area (Å²) in [6.07, 6.45) is 1.44. The van der Waals surface area contributed by atoms with Gasteiger partial charge in [-0.1, -0.05) is 11.6 Å². The summed E-state index contributed by atoms with van der Waals surface area (Å²) in [5.41, 5.74) is 0.512. The van der Waals surface area contributed by atoms with Crippen molar-refractivity contribution >= 4 is 34.7 Å². The fourth-order valence-electron chi connectivity index (χ4n) is 3.77. The molecule has 1 fully saturated rings. The summed E-state index contributed by atoms with van der Waals surface area (Å²) >= 11 is 6.33. The van der Waals surface area contributed by atoms with E-state index in [2.05, 4.69) is 0 Å². The van der Waals surface area contributed by atoms with E-state index in [1.165, 1.54) is 17.2 Å². The Balaban J connectivity index is 1.87. The van der Waals surface area contributed by atoms with Gasteiger partial charge in [0.1, 0.15) is 29.1 Å². The minimum atomic E-state index is -0.982. The van der Waals surface area contributed by atoms with Gasteiger partial charge in [-0.05, 0) is 68.4 Å². The monoisotopic (exact) mass is 467 g/mol. The number of furan rings is 1. The molecule has 7 nitrogen and oxygen atoms in total. The predicted molar refractivity (Wildman–Crippen MR) is 124 cm³/mol. The van der Waals surface area contributed by atoms with Gasteiger partial charge in [0.15, 0.2) is 0 Å². The lowest BCUT2D eigenvalue weighted by Crippen LogP contribution is -2.29. The van der Waals surface area contributed by atoms with E-state index in [-0.39, 0.29) is 16.2 Å². The summed E-state index contributed by atoms with van der Waals surface area (Å²) in [5, 5.41) is 11.4. The third-order valence-corrected chi connectivity index (χ3v) is 5.52. The SMILES string of the molecule is CCOc1ccc(N2C(=O)C(=O)/C(=C(\O)c3cc(OCC)ccc3Cl)C2c2ccco2)cc1. The molecular formula is C25H22ClNO6. The highest BCUT2D eigenvalue weighted by molar-refractivity contribution is 6.51. The number of ketones is 1. The minimum absolute atomic E-state index is 0.126. The number of carbonyl (C=O) groups excluding carboxylic acids is 2. The first kappa shape index (κ1) is 22.5. The second-order valence-corrected chi connectivity index (χ2v) is 7.59. The summed E-state index contributed by atoms with van der Waals surface area (Å²) in [4.78, 5) is 27.6. The third kappa shape index (κ3) is 4.19. The number of anilines is 1. The lowest BCUT2D eigenvalue weighted by atomic mass is 9.99. The zero-order valence-corrected chi connectivity index (χ0v) is 18.8. The molecule has 0 radical (unpaired) electrons. The number of ether oxygens (including phenoxy) is 2. The van der Waals surface area contributed by atoms with Gasteiger partial charge in [-0.2, -0.15) is 0 Å². The first-order valence-corrected chi connectivity index (χ1v) is 10.8. The highest BCUT2D eigenvalue weighted by atomic mass is 35.5. The second kappa shape index (κ2) is 9.42. The van der Waals surface area contributed by atoms with E-state index in [9.17, 15) is 14.7 Å². The number of carbonyl (C=O) groups is 2. The van der Waals surface area contributed by atoms with Crippen molar-refractivity contribution in [3.8, 4) is 11.5 Å². The van der Waals surface area contributed by atoms with E-state index in [0.717, 1.165) is 0 Å². The lowest BCUT2D eigenvalue weighted by Gasteiger charge is -2.23. The van der Waals surface area contributed by atoms with Crippen molar-refractivity contribution in [2.45, 2.75) is 19.9 Å². The number of benzene rings is 2. The van der Waals surface area contributed by atoms with Crippen LogP contribution in [0.1, 0.15) is 31.2 Å². The highest BCUT2D eigenvalue weighted by Gasteiger charge is 2.48. The largest absolute Gasteiger partial charge is 0.507 e. The van der Waals surface area contributed by atoms with Gasteiger partial charge in [-0.15, -0.1) is 0 Å². The van der Waals surface area contributed by atoms with Crippen LogP contribution >= 0.6 is 11.6 Å². The van der Waals surface area contributed by atoms with Crippen LogP contribution in [0.25, 0.3) is 5.76 Å². The van der Waals surface area contributed by atoms with Crippen LogP contribution in [0.2, 0.25) is 5.02 Å². The number of rotatable bonds is 7. The van der Waals surface area contributed by atoms with Gasteiger partial charge < -0.3 is 19.0 Å². The van der Waals surface area contributed by atoms with Crippen molar-refractivity contribution in [2.24, 2.45) is 0 Å². The molecule has 1 aliphatic rings. The molecule has 8 heteroatoms. The number of hydrogen-bond acceptors (Lipinski definition) is 6. The van der Waals surface area contributed by atoms with Gasteiger partial charge in [0.2, 0.25) is 0 Å². The molecule has 0 bridgehead atoms. The summed E-state index contributed by atoms with van der Waals surface area (Å²) in [7, 11) is 0. The topological polar surface area (TPSA) is 89.2 Å². The van der Waals surface area contributed by atoms with E-state index >= 15 is 0 Å². The molecule has 1 unspecified atom stereocenters. The van der Waals surface area contributed by atoms with Crippen molar-refractivity contribution in [1.82, 2.24) is 0 Å². The molecular weight excluding hydrogens is 446 g/mol. The molecule has 33 heavy (non-hydrogen) atoms. The van der Waals surface area contributed by atoms with E-state index in [1.54, 1.807) is 48.5 Å². The van der Waals surface area contributed by atoms with E-state index < -0.39 is 23.5 Å².